The topological polar surface area (TPSA) is 507 Å². The molecule has 2 fully saturated rings. The summed E-state index contributed by atoms with van der Waals surface area (Å²) in [5.74, 6) is -11.0. The number of hydrogen-bond acceptors (Lipinski definition) is 17. The van der Waals surface area contributed by atoms with Gasteiger partial charge >= 0.3 is 5.97 Å². The molecule has 33 heteroatoms. The van der Waals surface area contributed by atoms with Gasteiger partial charge in [-0.2, -0.15) is 0 Å². The molecule has 0 unspecified atom stereocenters. The lowest BCUT2D eigenvalue weighted by atomic mass is 10.0. The van der Waals surface area contributed by atoms with Crippen LogP contribution in [0.5, 0.6) is 0 Å². The number of carbonyl (C=O) groups is 13. The van der Waals surface area contributed by atoms with E-state index in [2.05, 4.69) is 83.1 Å². The number of Topliss-reactive ketones (excluding diaryl/α,β-unsaturated/α-hetero) is 1. The molecule has 0 radical (unpaired) electrons. The minimum Gasteiger partial charge on any atom is -0.481 e. The normalized spacial score (nSPS) is 16.6. The molecule has 6 aromatic rings. The van der Waals surface area contributed by atoms with E-state index in [4.69, 9.17) is 11.5 Å². The number of carboxylic acid groups (broad SMARTS) is 1. The van der Waals surface area contributed by atoms with Crippen molar-refractivity contribution in [2.75, 3.05) is 32.7 Å². The smallest absolute Gasteiger partial charge is 0.305 e. The van der Waals surface area contributed by atoms with Gasteiger partial charge in [-0.05, 0) is 81.2 Å². The van der Waals surface area contributed by atoms with Gasteiger partial charge in [-0.15, -0.1) is 0 Å². The van der Waals surface area contributed by atoms with Crippen molar-refractivity contribution in [2.24, 2.45) is 11.5 Å². The number of rotatable bonds is 37. The fraction of sp³-hybridized carbons (Fsp3) is 0.453. The van der Waals surface area contributed by atoms with Crippen molar-refractivity contribution in [2.45, 2.75) is 151 Å². The van der Waals surface area contributed by atoms with Crippen molar-refractivity contribution in [3.63, 3.8) is 0 Å². The molecule has 97 heavy (non-hydrogen) atoms. The minimum atomic E-state index is -1.95. The first-order valence-corrected chi connectivity index (χ1v) is 32.1. The highest BCUT2D eigenvalue weighted by molar-refractivity contribution is 6.08. The SMILES string of the molecule is CC(=O)NCCCC[C@H](NC(=O)[C@H](Cc1c[nH]c2ccccc12)NC(=O)[C@H](Cc1cnc[nH]1)NC(=O)[C@@H]1NCCC1=O)C(=O)N[C@@H](Cc1cnc[nH]1)C(=O)N[C@@H](CC(=O)O)C(=O)N[C@@H](Cc1c[nH]c2ccccc12)C(=O)N[C@@H](CCCCN)C(=O)N1CCC[C@@H]1C(=O)NCC(N)=O. The Bertz CT molecular complexity index is 3780. The largest absolute Gasteiger partial charge is 0.481 e. The van der Waals surface area contributed by atoms with Crippen LogP contribution in [0.25, 0.3) is 21.8 Å². The third kappa shape index (κ3) is 20.6. The molecule has 6 heterocycles. The second-order valence-electron chi connectivity index (χ2n) is 24.0. The number of aromatic amines is 4. The van der Waals surface area contributed by atoms with Crippen LogP contribution in [0.4, 0.5) is 0 Å². The lowest BCUT2D eigenvalue weighted by Gasteiger charge is -2.30. The van der Waals surface area contributed by atoms with Gasteiger partial charge in [0.25, 0.3) is 0 Å². The molecule has 518 valence electrons. The van der Waals surface area contributed by atoms with E-state index in [1.54, 1.807) is 60.9 Å². The number of carbonyl (C=O) groups excluding carboxylic acids is 12. The summed E-state index contributed by atoms with van der Waals surface area (Å²) in [7, 11) is 0. The Morgan fingerprint density at radius 1 is 0.598 bits per heavy atom. The van der Waals surface area contributed by atoms with Crippen LogP contribution in [0.15, 0.2) is 86.0 Å². The van der Waals surface area contributed by atoms with Crippen molar-refractivity contribution >= 4 is 98.5 Å². The lowest BCUT2D eigenvalue weighted by Crippen LogP contribution is -2.61. The minimum absolute atomic E-state index is 0.0462. The van der Waals surface area contributed by atoms with Crippen LogP contribution in [0, 0.1) is 0 Å². The number of likely N-dealkylation sites (tertiary alicyclic amines) is 1. The number of aliphatic carboxylic acids is 1. The fourth-order valence-electron chi connectivity index (χ4n) is 11.8. The third-order valence-electron chi connectivity index (χ3n) is 16.8. The van der Waals surface area contributed by atoms with E-state index in [1.807, 2.05) is 0 Å². The van der Waals surface area contributed by atoms with Crippen LogP contribution in [0.2, 0.25) is 0 Å². The number of hydrogen-bond donors (Lipinski definition) is 17. The van der Waals surface area contributed by atoms with E-state index in [-0.39, 0.29) is 101 Å². The highest BCUT2D eigenvalue weighted by Gasteiger charge is 2.41. The molecule has 2 aromatic carbocycles. The molecular formula is C64H83N19O14. The van der Waals surface area contributed by atoms with Crippen LogP contribution < -0.4 is 64.6 Å². The van der Waals surface area contributed by atoms with Crippen LogP contribution >= 0.6 is 0 Å². The Morgan fingerprint density at radius 2 is 1.09 bits per heavy atom. The van der Waals surface area contributed by atoms with Gasteiger partial charge in [-0.25, -0.2) is 9.97 Å². The zero-order valence-corrected chi connectivity index (χ0v) is 53.5. The highest BCUT2D eigenvalue weighted by Crippen LogP contribution is 2.24. The van der Waals surface area contributed by atoms with E-state index < -0.39 is 132 Å². The van der Waals surface area contributed by atoms with Crippen molar-refractivity contribution in [1.82, 2.24) is 88.0 Å². The molecular weight excluding hydrogens is 1260 g/mol. The first-order chi connectivity index (χ1) is 46.6. The highest BCUT2D eigenvalue weighted by atomic mass is 16.4. The summed E-state index contributed by atoms with van der Waals surface area (Å²) >= 11 is 0. The molecule has 19 N–H and O–H groups in total. The van der Waals surface area contributed by atoms with E-state index >= 15 is 4.79 Å². The number of fused-ring (bicyclic) bond motifs is 2. The first-order valence-electron chi connectivity index (χ1n) is 32.1. The number of nitrogens with two attached hydrogens (primary N) is 2. The quantitative estimate of drug-likeness (QED) is 0.0138. The number of para-hydroxylation sites is 2. The molecule has 0 saturated carbocycles. The summed E-state index contributed by atoms with van der Waals surface area (Å²) in [5.41, 5.74) is 14.2. The van der Waals surface area contributed by atoms with E-state index in [0.29, 0.717) is 64.3 Å². The van der Waals surface area contributed by atoms with Gasteiger partial charge in [0.1, 0.15) is 54.4 Å². The first kappa shape index (κ1) is 72.0. The summed E-state index contributed by atoms with van der Waals surface area (Å²) in [5, 5.41) is 38.3. The summed E-state index contributed by atoms with van der Waals surface area (Å²) in [4.78, 5) is 200. The number of nitrogens with zero attached hydrogens (tertiary/aromatic N) is 3. The molecule has 0 spiro atoms. The number of aromatic nitrogens is 6. The van der Waals surface area contributed by atoms with Crippen molar-refractivity contribution < 1.29 is 67.4 Å². The van der Waals surface area contributed by atoms with Gasteiger partial charge in [0, 0.05) is 117 Å². The van der Waals surface area contributed by atoms with Crippen LogP contribution in [-0.4, -0.2) is 204 Å². The molecule has 2 saturated heterocycles. The van der Waals surface area contributed by atoms with Gasteiger partial charge in [-0.3, -0.25) is 67.6 Å². The molecule has 9 atom stereocenters. The average Bonchev–Trinajstić information content (AvgIpc) is 1.76. The van der Waals surface area contributed by atoms with Gasteiger partial charge in [0.05, 0.1) is 25.6 Å². The Labute approximate surface area is 555 Å². The number of carboxylic acids is 1. The predicted molar refractivity (Wildman–Crippen MR) is 348 cm³/mol. The lowest BCUT2D eigenvalue weighted by molar-refractivity contribution is -0.143. The van der Waals surface area contributed by atoms with Gasteiger partial charge in [0.15, 0.2) is 5.78 Å². The van der Waals surface area contributed by atoms with Crippen LogP contribution in [0.1, 0.15) is 93.6 Å². The maximum Gasteiger partial charge on any atom is 0.305 e. The molecule has 4 aromatic heterocycles. The number of primary amides is 1. The molecule has 0 aliphatic carbocycles. The number of ketones is 1. The molecule has 8 rings (SSSR count). The fourth-order valence-corrected chi connectivity index (χ4v) is 11.8. The Balaban J connectivity index is 1.06. The third-order valence-corrected chi connectivity index (χ3v) is 16.8. The van der Waals surface area contributed by atoms with Gasteiger partial charge in [0.2, 0.25) is 65.0 Å². The maximum absolute atomic E-state index is 15.0. The summed E-state index contributed by atoms with van der Waals surface area (Å²) < 4.78 is 0. The average molecular weight is 1340 g/mol. The van der Waals surface area contributed by atoms with Crippen molar-refractivity contribution in [3.05, 3.63) is 108 Å². The maximum atomic E-state index is 15.0. The monoisotopic (exact) mass is 1340 g/mol. The molecule has 11 amide bonds. The summed E-state index contributed by atoms with van der Waals surface area (Å²) in [6.45, 7) is 1.66. The van der Waals surface area contributed by atoms with Crippen molar-refractivity contribution in [1.29, 1.82) is 0 Å². The number of H-pyrrole nitrogens is 4. The predicted octanol–water partition coefficient (Wildman–Crippen LogP) is -2.81. The van der Waals surface area contributed by atoms with Gasteiger partial charge < -0.3 is 89.3 Å². The summed E-state index contributed by atoms with van der Waals surface area (Å²) in [6.07, 6.45) is 8.68. The number of amides is 11. The standard InChI is InChI=1S/C64H83N19O14/c1-35(84)69-20-9-7-15-44(76-57(90)46(23-36-28-71-42-13-4-2-11-40(36)42)78-60(93)49(26-39-31-68-34-75-39)82-63(96)55-52(85)18-21-70-55)56(89)80-48(25-38-30-67-33-74-38)59(92)81-50(27-54(87)88)61(94)79-47(24-37-29-72-43-14-5-3-12-41(37)43)58(91)77-45(16-6-8-19-65)64(97)83-22-10-17-51(83)62(95)73-32-53(66)86/h2-5,11-14,28-31,33-34,44-51,55,70-72H,6-10,15-27,32,65H2,1H3,(H2,66,86)(H,67,74)(H,68,75)(H,69,84)(H,73,95)(H,76,90)(H,77,91)(H,78,93)(H,79,94)(H,80,89)(H,81,92)(H,82,96)(H,87,88)/t44-,45-,46-,47-,48-,49-,50-,51+,55+/m0/s1. The molecule has 2 aliphatic heterocycles. The van der Waals surface area contributed by atoms with Gasteiger partial charge in [-0.1, -0.05) is 36.4 Å². The Kier molecular flexibility index (Phi) is 26.0. The second-order valence-corrected chi connectivity index (χ2v) is 24.0. The number of nitrogens with one attached hydrogen (secondary N) is 14. The second kappa shape index (κ2) is 35.1. The Hall–Kier alpha value is -10.8. The molecule has 2 aliphatic rings. The number of imidazole rings is 2. The van der Waals surface area contributed by atoms with E-state index in [0.717, 1.165) is 0 Å². The van der Waals surface area contributed by atoms with Crippen LogP contribution in [-0.2, 0) is 88.0 Å². The number of benzene rings is 2. The zero-order chi connectivity index (χ0) is 69.5. The van der Waals surface area contributed by atoms with Crippen molar-refractivity contribution in [3.8, 4) is 0 Å². The molecule has 0 bridgehead atoms. The van der Waals surface area contributed by atoms with Crippen LogP contribution in [0.3, 0.4) is 0 Å². The number of unbranched alkanes of at least 4 members (excludes halogenated alkanes) is 2. The molecule has 33 nitrogen and oxygen atoms in total. The summed E-state index contributed by atoms with van der Waals surface area (Å²) in [6, 6.07) is 1.19. The van der Waals surface area contributed by atoms with E-state index in [9.17, 15) is 62.6 Å². The van der Waals surface area contributed by atoms with E-state index in [1.165, 1.54) is 36.9 Å². The Morgan fingerprint density at radius 3 is 1.61 bits per heavy atom. The zero-order valence-electron chi connectivity index (χ0n) is 53.5.